The molecule has 0 atom stereocenters. The molecule has 0 aliphatic carbocycles. The molecule has 0 unspecified atom stereocenters. The van der Waals surface area contributed by atoms with E-state index in [0.29, 0.717) is 0 Å². The Bertz CT molecular complexity index is 689. The maximum atomic E-state index is 9.50. The molecular weight excluding hydrogens is 224 g/mol. The van der Waals surface area contributed by atoms with Crippen LogP contribution in [0, 0.1) is 13.8 Å². The lowest BCUT2D eigenvalue weighted by Gasteiger charge is -1.97. The molecule has 0 aliphatic rings. The quantitative estimate of drug-likeness (QED) is 0.681. The van der Waals surface area contributed by atoms with Gasteiger partial charge in [-0.05, 0) is 49.2 Å². The van der Waals surface area contributed by atoms with Gasteiger partial charge in [-0.15, -0.1) is 0 Å². The topological polar surface area (TPSA) is 48.9 Å². The average Bonchev–Trinajstić information content (AvgIpc) is 2.73. The Kier molecular flexibility index (Phi) is 2.33. The van der Waals surface area contributed by atoms with Crippen LogP contribution in [0.1, 0.15) is 11.1 Å². The fraction of sp³-hybridized carbons (Fsp3) is 0.133. The number of phenols is 1. The van der Waals surface area contributed by atoms with Crippen LogP contribution in [0.5, 0.6) is 5.75 Å². The van der Waals surface area contributed by atoms with Crippen LogP contribution in [0.15, 0.2) is 36.4 Å². The average molecular weight is 238 g/mol. The number of phenolic OH excluding ortho intramolecular Hbond substituents is 1. The van der Waals surface area contributed by atoms with Gasteiger partial charge in [0, 0.05) is 5.56 Å². The molecule has 3 nitrogen and oxygen atoms in total. The second kappa shape index (κ2) is 3.88. The van der Waals surface area contributed by atoms with E-state index in [9.17, 15) is 5.11 Å². The largest absolute Gasteiger partial charge is 0.508 e. The van der Waals surface area contributed by atoms with Gasteiger partial charge in [0.15, 0.2) is 0 Å². The van der Waals surface area contributed by atoms with Gasteiger partial charge in [-0.2, -0.15) is 0 Å². The van der Waals surface area contributed by atoms with Gasteiger partial charge in [0.1, 0.15) is 11.6 Å². The third kappa shape index (κ3) is 1.74. The number of benzene rings is 2. The molecular formula is C15H14N2O. The summed E-state index contributed by atoms with van der Waals surface area (Å²) in [6.07, 6.45) is 0. The third-order valence-corrected chi connectivity index (χ3v) is 3.22. The van der Waals surface area contributed by atoms with Crippen molar-refractivity contribution in [1.82, 2.24) is 9.97 Å². The molecule has 2 N–H and O–H groups in total. The summed E-state index contributed by atoms with van der Waals surface area (Å²) in [5.74, 6) is 1.03. The van der Waals surface area contributed by atoms with Gasteiger partial charge in [-0.25, -0.2) is 4.98 Å². The first kappa shape index (κ1) is 10.8. The highest BCUT2D eigenvalue weighted by molar-refractivity contribution is 5.81. The second-order valence-corrected chi connectivity index (χ2v) is 4.59. The van der Waals surface area contributed by atoms with E-state index < -0.39 is 0 Å². The number of aromatic hydroxyl groups is 1. The molecule has 0 amide bonds. The van der Waals surface area contributed by atoms with E-state index in [1.165, 1.54) is 11.1 Å². The summed E-state index contributed by atoms with van der Waals surface area (Å²) < 4.78 is 0. The number of hydrogen-bond acceptors (Lipinski definition) is 2. The number of hydrogen-bond donors (Lipinski definition) is 2. The minimum Gasteiger partial charge on any atom is -0.508 e. The van der Waals surface area contributed by atoms with Crippen LogP contribution in [0.4, 0.5) is 0 Å². The molecule has 3 rings (SSSR count). The molecule has 0 saturated carbocycles. The van der Waals surface area contributed by atoms with Crippen molar-refractivity contribution in [2.75, 3.05) is 0 Å². The number of H-pyrrole nitrogens is 1. The van der Waals surface area contributed by atoms with E-state index in [2.05, 4.69) is 35.9 Å². The molecule has 0 spiro atoms. The fourth-order valence-electron chi connectivity index (χ4n) is 2.06. The van der Waals surface area contributed by atoms with E-state index in [0.717, 1.165) is 22.4 Å². The van der Waals surface area contributed by atoms with Crippen LogP contribution in [0.25, 0.3) is 22.4 Å². The van der Waals surface area contributed by atoms with Crippen molar-refractivity contribution >= 4 is 11.0 Å². The maximum Gasteiger partial charge on any atom is 0.138 e. The lowest BCUT2D eigenvalue weighted by atomic mass is 10.1. The summed E-state index contributed by atoms with van der Waals surface area (Å²) in [6, 6.07) is 11.3. The van der Waals surface area contributed by atoms with Crippen molar-refractivity contribution in [1.29, 1.82) is 0 Å². The highest BCUT2D eigenvalue weighted by Gasteiger charge is 2.07. The summed E-state index contributed by atoms with van der Waals surface area (Å²) in [5.41, 5.74) is 5.35. The minimum absolute atomic E-state index is 0.250. The van der Waals surface area contributed by atoms with Crippen molar-refractivity contribution in [3.05, 3.63) is 47.5 Å². The molecule has 0 bridgehead atoms. The molecule has 0 fully saturated rings. The van der Waals surface area contributed by atoms with Crippen LogP contribution < -0.4 is 0 Å². The molecule has 0 radical (unpaired) electrons. The van der Waals surface area contributed by atoms with Gasteiger partial charge in [0.05, 0.1) is 11.0 Å². The number of aromatic nitrogens is 2. The Balaban J connectivity index is 2.19. The predicted octanol–water partition coefficient (Wildman–Crippen LogP) is 3.55. The summed E-state index contributed by atoms with van der Waals surface area (Å²) in [4.78, 5) is 7.84. The Morgan fingerprint density at radius 1 is 1.06 bits per heavy atom. The van der Waals surface area contributed by atoms with E-state index >= 15 is 0 Å². The summed E-state index contributed by atoms with van der Waals surface area (Å²) in [6.45, 7) is 4.17. The molecule has 1 heterocycles. The van der Waals surface area contributed by atoms with Crippen LogP contribution in [0.3, 0.4) is 0 Å². The van der Waals surface area contributed by atoms with Crippen molar-refractivity contribution in [3.63, 3.8) is 0 Å². The highest BCUT2D eigenvalue weighted by atomic mass is 16.3. The van der Waals surface area contributed by atoms with Gasteiger partial charge < -0.3 is 10.1 Å². The molecule has 90 valence electrons. The van der Waals surface area contributed by atoms with Crippen LogP contribution >= 0.6 is 0 Å². The fourth-order valence-corrected chi connectivity index (χ4v) is 2.06. The summed E-state index contributed by atoms with van der Waals surface area (Å²) in [7, 11) is 0. The first-order valence-corrected chi connectivity index (χ1v) is 5.90. The molecule has 2 aromatic carbocycles. The van der Waals surface area contributed by atoms with Gasteiger partial charge in [0.25, 0.3) is 0 Å². The first-order chi connectivity index (χ1) is 8.63. The Morgan fingerprint density at radius 3 is 2.61 bits per heavy atom. The van der Waals surface area contributed by atoms with Crippen LogP contribution in [0.2, 0.25) is 0 Å². The number of aryl methyl sites for hydroxylation is 2. The summed E-state index contributed by atoms with van der Waals surface area (Å²) >= 11 is 0. The number of nitrogens with one attached hydrogen (secondary N) is 1. The Hall–Kier alpha value is -2.29. The second-order valence-electron chi connectivity index (χ2n) is 4.59. The normalized spacial score (nSPS) is 11.0. The standard InChI is InChI=1S/C15H14N2O/c1-9-6-13-14(7-10(9)2)17-15(16-13)11-4-3-5-12(18)8-11/h3-8,18H,1-2H3,(H,16,17). The SMILES string of the molecule is Cc1cc2nc(-c3cccc(O)c3)[nH]c2cc1C. The van der Waals surface area contributed by atoms with Gasteiger partial charge in [0.2, 0.25) is 0 Å². The van der Waals surface area contributed by atoms with Crippen molar-refractivity contribution < 1.29 is 5.11 Å². The zero-order valence-electron chi connectivity index (χ0n) is 10.4. The smallest absolute Gasteiger partial charge is 0.138 e. The molecule has 18 heavy (non-hydrogen) atoms. The lowest BCUT2D eigenvalue weighted by Crippen LogP contribution is -1.79. The monoisotopic (exact) mass is 238 g/mol. The van der Waals surface area contributed by atoms with Crippen molar-refractivity contribution in [2.45, 2.75) is 13.8 Å². The predicted molar refractivity (Wildman–Crippen MR) is 72.7 cm³/mol. The van der Waals surface area contributed by atoms with Gasteiger partial charge in [-0.3, -0.25) is 0 Å². The van der Waals surface area contributed by atoms with Gasteiger partial charge in [-0.1, -0.05) is 12.1 Å². The number of nitrogens with zero attached hydrogens (tertiary/aromatic N) is 1. The number of fused-ring (bicyclic) bond motifs is 1. The number of aromatic amines is 1. The molecule has 3 aromatic rings. The minimum atomic E-state index is 0.250. The Labute approximate surface area is 105 Å². The zero-order valence-corrected chi connectivity index (χ0v) is 10.4. The van der Waals surface area contributed by atoms with Crippen LogP contribution in [-0.4, -0.2) is 15.1 Å². The van der Waals surface area contributed by atoms with E-state index in [1.54, 1.807) is 12.1 Å². The van der Waals surface area contributed by atoms with E-state index in [-0.39, 0.29) is 5.75 Å². The van der Waals surface area contributed by atoms with Crippen molar-refractivity contribution in [2.24, 2.45) is 0 Å². The molecule has 0 aliphatic heterocycles. The number of imidazole rings is 1. The van der Waals surface area contributed by atoms with Gasteiger partial charge >= 0.3 is 0 Å². The van der Waals surface area contributed by atoms with E-state index in [4.69, 9.17) is 0 Å². The van der Waals surface area contributed by atoms with Crippen molar-refractivity contribution in [3.8, 4) is 17.1 Å². The molecule has 3 heteroatoms. The third-order valence-electron chi connectivity index (χ3n) is 3.22. The lowest BCUT2D eigenvalue weighted by molar-refractivity contribution is 0.475. The first-order valence-electron chi connectivity index (χ1n) is 5.90. The zero-order chi connectivity index (χ0) is 12.7. The molecule has 0 saturated heterocycles. The number of rotatable bonds is 1. The van der Waals surface area contributed by atoms with E-state index in [1.807, 2.05) is 12.1 Å². The molecule has 1 aromatic heterocycles. The maximum absolute atomic E-state index is 9.50. The summed E-state index contributed by atoms with van der Waals surface area (Å²) in [5, 5.41) is 9.50. The Morgan fingerprint density at radius 2 is 1.83 bits per heavy atom. The van der Waals surface area contributed by atoms with Crippen LogP contribution in [-0.2, 0) is 0 Å². The highest BCUT2D eigenvalue weighted by Crippen LogP contribution is 2.24.